The number of hydrogen-bond acceptors (Lipinski definition) is 4. The summed E-state index contributed by atoms with van der Waals surface area (Å²) in [5.41, 5.74) is 17.1. The van der Waals surface area contributed by atoms with E-state index in [9.17, 15) is 5.11 Å². The first kappa shape index (κ1) is 17.0. The minimum absolute atomic E-state index is 0.180. The minimum Gasteiger partial charge on any atom is -0.507 e. The number of anilines is 1. The molecule has 0 amide bonds. The second-order valence-electron chi connectivity index (χ2n) is 7.82. The number of likely N-dealkylation sites (tertiary alicyclic amines) is 1. The van der Waals surface area contributed by atoms with Crippen LogP contribution in [0, 0.1) is 12.8 Å². The molecule has 5 heteroatoms. The Hall–Kier alpha value is -2.40. The van der Waals surface area contributed by atoms with Crippen molar-refractivity contribution >= 4 is 17.6 Å². The molecule has 6 N–H and O–H groups in total. The van der Waals surface area contributed by atoms with Crippen molar-refractivity contribution in [1.29, 1.82) is 0 Å². The quantitative estimate of drug-likeness (QED) is 0.682. The number of hydrogen-bond donors (Lipinski definition) is 4. The normalized spacial score (nSPS) is 26.4. The predicted octanol–water partition coefficient (Wildman–Crippen LogP) is 3.27. The molecule has 1 saturated heterocycles. The molecule has 26 heavy (non-hydrogen) atoms. The Kier molecular flexibility index (Phi) is 4.19. The molecule has 5 nitrogen and oxygen atoms in total. The number of aromatic nitrogens is 1. The summed E-state index contributed by atoms with van der Waals surface area (Å²) in [6, 6.07) is 7.81. The number of aromatic hydroxyl groups is 1. The zero-order valence-electron chi connectivity index (χ0n) is 15.5. The van der Waals surface area contributed by atoms with E-state index in [1.54, 1.807) is 12.1 Å². The largest absolute Gasteiger partial charge is 0.507 e. The summed E-state index contributed by atoms with van der Waals surface area (Å²) >= 11 is 0. The molecule has 3 atom stereocenters. The minimum atomic E-state index is 0.180. The number of nitrogens with zero attached hydrogens (tertiary/aromatic N) is 1. The van der Waals surface area contributed by atoms with Gasteiger partial charge in [0.15, 0.2) is 0 Å². The van der Waals surface area contributed by atoms with Crippen molar-refractivity contribution in [3.63, 3.8) is 0 Å². The van der Waals surface area contributed by atoms with Crippen LogP contribution >= 0.6 is 0 Å². The molecule has 3 unspecified atom stereocenters. The zero-order valence-corrected chi connectivity index (χ0v) is 15.5. The number of nitrogen functional groups attached to an aromatic ring is 1. The van der Waals surface area contributed by atoms with Crippen LogP contribution in [0.4, 0.5) is 5.82 Å². The molecule has 1 aromatic carbocycles. The summed E-state index contributed by atoms with van der Waals surface area (Å²) in [5.74, 6) is 2.05. The Bertz CT molecular complexity index is 854. The first-order valence-electron chi connectivity index (χ1n) is 9.41. The zero-order chi connectivity index (χ0) is 18.4. The van der Waals surface area contributed by atoms with Crippen molar-refractivity contribution in [3.8, 4) is 5.75 Å². The summed E-state index contributed by atoms with van der Waals surface area (Å²) in [6.45, 7) is 3.20. The highest BCUT2D eigenvalue weighted by atomic mass is 16.3. The maximum absolute atomic E-state index is 10.0. The van der Waals surface area contributed by atoms with Gasteiger partial charge in [0.2, 0.25) is 0 Å². The van der Waals surface area contributed by atoms with E-state index in [0.717, 1.165) is 12.1 Å². The maximum atomic E-state index is 10.0. The molecule has 0 spiro atoms. The molecular weight excluding hydrogens is 324 g/mol. The molecule has 2 aromatic rings. The molecule has 4 rings (SSSR count). The standard InChI is InChI=1S/C21H28N4O/c1-12-15(10-17(22)14-6-3-4-9-19(14)26)21(23)24-20(12)16-11-25(2)18-8-5-7-13(16)18/h3-4,6,9-10,13,16,18,24,26H,5,7-8,11,22-23H2,1-2H3/b17-10-. The number of phenols is 1. The molecule has 2 aliphatic rings. The Labute approximate surface area is 154 Å². The lowest BCUT2D eigenvalue weighted by atomic mass is 9.88. The average molecular weight is 352 g/mol. The molecule has 2 fully saturated rings. The summed E-state index contributed by atoms with van der Waals surface area (Å²) in [7, 11) is 2.24. The number of rotatable bonds is 3. The molecule has 0 radical (unpaired) electrons. The first-order valence-corrected chi connectivity index (χ1v) is 9.41. The van der Waals surface area contributed by atoms with Crippen molar-refractivity contribution < 1.29 is 5.11 Å². The van der Waals surface area contributed by atoms with Gasteiger partial charge in [-0.1, -0.05) is 18.6 Å². The van der Waals surface area contributed by atoms with Crippen LogP contribution in [0.5, 0.6) is 5.75 Å². The molecule has 2 heterocycles. The third-order valence-electron chi connectivity index (χ3n) is 6.35. The van der Waals surface area contributed by atoms with Gasteiger partial charge in [-0.2, -0.15) is 0 Å². The number of H-pyrrole nitrogens is 1. The van der Waals surface area contributed by atoms with Crippen LogP contribution < -0.4 is 11.5 Å². The van der Waals surface area contributed by atoms with Crippen LogP contribution in [-0.2, 0) is 0 Å². The topological polar surface area (TPSA) is 91.3 Å². The van der Waals surface area contributed by atoms with Crippen LogP contribution in [0.3, 0.4) is 0 Å². The van der Waals surface area contributed by atoms with Crippen molar-refractivity contribution in [3.05, 3.63) is 46.6 Å². The highest BCUT2D eigenvalue weighted by Gasteiger charge is 2.44. The number of para-hydroxylation sites is 1. The lowest BCUT2D eigenvalue weighted by molar-refractivity contribution is 0.294. The van der Waals surface area contributed by atoms with E-state index < -0.39 is 0 Å². The fraction of sp³-hybridized carbons (Fsp3) is 0.429. The summed E-state index contributed by atoms with van der Waals surface area (Å²) in [6.07, 6.45) is 5.80. The van der Waals surface area contributed by atoms with Crippen molar-refractivity contribution in [2.75, 3.05) is 19.3 Å². The molecule has 1 saturated carbocycles. The van der Waals surface area contributed by atoms with Crippen molar-refractivity contribution in [1.82, 2.24) is 9.88 Å². The predicted molar refractivity (Wildman–Crippen MR) is 107 cm³/mol. The van der Waals surface area contributed by atoms with Crippen LogP contribution in [-0.4, -0.2) is 34.6 Å². The fourth-order valence-corrected chi connectivity index (χ4v) is 5.03. The fourth-order valence-electron chi connectivity index (χ4n) is 5.03. The molecule has 1 aliphatic carbocycles. The molecular formula is C21H28N4O. The summed E-state index contributed by atoms with van der Waals surface area (Å²) in [4.78, 5) is 5.95. The third kappa shape index (κ3) is 2.67. The van der Waals surface area contributed by atoms with E-state index in [-0.39, 0.29) is 5.75 Å². The summed E-state index contributed by atoms with van der Waals surface area (Å²) in [5, 5.41) is 10.0. The third-order valence-corrected chi connectivity index (χ3v) is 6.35. The van der Waals surface area contributed by atoms with Gasteiger partial charge < -0.3 is 26.5 Å². The molecule has 1 aromatic heterocycles. The van der Waals surface area contributed by atoms with E-state index in [2.05, 4.69) is 23.9 Å². The second-order valence-corrected chi connectivity index (χ2v) is 7.82. The first-order chi connectivity index (χ1) is 12.5. The van der Waals surface area contributed by atoms with Gasteiger partial charge in [-0.05, 0) is 56.5 Å². The number of likely N-dealkylation sites (N-methyl/N-ethyl adjacent to an activating group) is 1. The highest BCUT2D eigenvalue weighted by Crippen LogP contribution is 2.47. The van der Waals surface area contributed by atoms with Crippen LogP contribution in [0.15, 0.2) is 24.3 Å². The Balaban J connectivity index is 1.70. The Morgan fingerprint density at radius 2 is 2.08 bits per heavy atom. The van der Waals surface area contributed by atoms with Crippen LogP contribution in [0.2, 0.25) is 0 Å². The average Bonchev–Trinajstić information content (AvgIpc) is 3.28. The van der Waals surface area contributed by atoms with Gasteiger partial charge >= 0.3 is 0 Å². The number of fused-ring (bicyclic) bond motifs is 1. The maximum Gasteiger partial charge on any atom is 0.124 e. The summed E-state index contributed by atoms with van der Waals surface area (Å²) < 4.78 is 0. The lowest BCUT2D eigenvalue weighted by Crippen LogP contribution is -2.25. The van der Waals surface area contributed by atoms with Gasteiger partial charge in [0.25, 0.3) is 0 Å². The number of benzene rings is 1. The van der Waals surface area contributed by atoms with Crippen LogP contribution in [0.1, 0.15) is 47.6 Å². The molecule has 138 valence electrons. The van der Waals surface area contributed by atoms with Crippen molar-refractivity contribution in [2.24, 2.45) is 11.7 Å². The van der Waals surface area contributed by atoms with Crippen molar-refractivity contribution in [2.45, 2.75) is 38.1 Å². The number of aromatic amines is 1. The SMILES string of the molecule is Cc1c(C2CN(C)C3CCCC23)[nH]c(N)c1/C=C(\N)c1ccccc1O. The number of phenolic OH excluding ortho intramolecular Hbond substituents is 1. The van der Waals surface area contributed by atoms with E-state index in [4.69, 9.17) is 11.5 Å². The van der Waals surface area contributed by atoms with Gasteiger partial charge in [-0.3, -0.25) is 0 Å². The Morgan fingerprint density at radius 3 is 2.85 bits per heavy atom. The van der Waals surface area contributed by atoms with Gasteiger partial charge in [-0.25, -0.2) is 0 Å². The van der Waals surface area contributed by atoms with Gasteiger partial charge in [-0.15, -0.1) is 0 Å². The van der Waals surface area contributed by atoms with E-state index in [1.165, 1.54) is 30.5 Å². The van der Waals surface area contributed by atoms with E-state index >= 15 is 0 Å². The van der Waals surface area contributed by atoms with Gasteiger partial charge in [0.1, 0.15) is 11.6 Å². The molecule has 0 bridgehead atoms. The van der Waals surface area contributed by atoms with E-state index in [1.807, 2.05) is 18.2 Å². The van der Waals surface area contributed by atoms with E-state index in [0.29, 0.717) is 35.0 Å². The smallest absolute Gasteiger partial charge is 0.124 e. The second kappa shape index (κ2) is 6.40. The Morgan fingerprint density at radius 1 is 1.31 bits per heavy atom. The highest BCUT2D eigenvalue weighted by molar-refractivity contribution is 5.85. The van der Waals surface area contributed by atoms with Gasteiger partial charge in [0.05, 0.1) is 0 Å². The van der Waals surface area contributed by atoms with Crippen LogP contribution in [0.25, 0.3) is 11.8 Å². The monoisotopic (exact) mass is 352 g/mol. The lowest BCUT2D eigenvalue weighted by Gasteiger charge is -2.18. The van der Waals surface area contributed by atoms with Gasteiger partial charge in [0, 0.05) is 41.0 Å². The molecule has 1 aliphatic heterocycles. The number of nitrogens with two attached hydrogens (primary N) is 2. The number of nitrogens with one attached hydrogen (secondary N) is 1.